The molecular formula is C17H22N2O3. The van der Waals surface area contributed by atoms with Gasteiger partial charge in [0.25, 0.3) is 5.56 Å². The third kappa shape index (κ3) is 3.13. The number of nitrogen functional groups attached to an aromatic ring is 1. The molecule has 1 aromatic heterocycles. The smallest absolute Gasteiger partial charge is 0.343 e. The Hall–Kier alpha value is -2.30. The van der Waals surface area contributed by atoms with Crippen molar-refractivity contribution in [2.75, 3.05) is 5.73 Å². The molecule has 2 aromatic rings. The number of anilines is 1. The number of aryl methyl sites for hydroxylation is 1. The predicted molar refractivity (Wildman–Crippen MR) is 88.3 cm³/mol. The molecule has 0 aliphatic carbocycles. The van der Waals surface area contributed by atoms with Gasteiger partial charge in [-0.1, -0.05) is 50.8 Å². The summed E-state index contributed by atoms with van der Waals surface area (Å²) in [6.07, 6.45) is 5.35. The van der Waals surface area contributed by atoms with Crippen LogP contribution in [0, 0.1) is 0 Å². The summed E-state index contributed by atoms with van der Waals surface area (Å²) in [7, 11) is 0. The summed E-state index contributed by atoms with van der Waals surface area (Å²) in [6, 6.07) is 7.19. The Labute approximate surface area is 129 Å². The standard InChI is InChI=1S/C17H22N2O3/c1-2-3-4-5-8-11-19-13-10-7-6-9-12(13)15(18)14(16(19)20)17(21)22/h6-7,9-10H,2-5,8,11,18H2,1H3,(H,21,22). The van der Waals surface area contributed by atoms with Gasteiger partial charge in [0.15, 0.2) is 0 Å². The molecule has 1 heterocycles. The van der Waals surface area contributed by atoms with E-state index in [0.717, 1.165) is 25.7 Å². The van der Waals surface area contributed by atoms with Gasteiger partial charge in [0.05, 0.1) is 11.2 Å². The fraction of sp³-hybridized carbons (Fsp3) is 0.412. The lowest BCUT2D eigenvalue weighted by atomic mass is 10.1. The monoisotopic (exact) mass is 302 g/mol. The number of aromatic carboxylic acids is 1. The highest BCUT2D eigenvalue weighted by Crippen LogP contribution is 2.22. The van der Waals surface area contributed by atoms with Crippen molar-refractivity contribution in [1.82, 2.24) is 4.57 Å². The Morgan fingerprint density at radius 1 is 1.18 bits per heavy atom. The summed E-state index contributed by atoms with van der Waals surface area (Å²) < 4.78 is 1.54. The summed E-state index contributed by atoms with van der Waals surface area (Å²) in [5.74, 6) is -1.27. The van der Waals surface area contributed by atoms with Crippen LogP contribution in [0.2, 0.25) is 0 Å². The number of hydrogen-bond acceptors (Lipinski definition) is 3. The number of nitrogens with zero attached hydrogens (tertiary/aromatic N) is 1. The Bertz CT molecular complexity index is 734. The molecule has 0 saturated heterocycles. The molecule has 118 valence electrons. The lowest BCUT2D eigenvalue weighted by Gasteiger charge is -2.14. The number of rotatable bonds is 7. The van der Waals surface area contributed by atoms with Crippen molar-refractivity contribution < 1.29 is 9.90 Å². The average molecular weight is 302 g/mol. The van der Waals surface area contributed by atoms with Crippen LogP contribution < -0.4 is 11.3 Å². The van der Waals surface area contributed by atoms with Gasteiger partial charge in [-0.05, 0) is 12.5 Å². The fourth-order valence-corrected chi connectivity index (χ4v) is 2.73. The minimum Gasteiger partial charge on any atom is -0.477 e. The Balaban J connectivity index is 2.43. The zero-order chi connectivity index (χ0) is 16.1. The van der Waals surface area contributed by atoms with Crippen LogP contribution in [0.5, 0.6) is 0 Å². The van der Waals surface area contributed by atoms with E-state index in [0.29, 0.717) is 17.4 Å². The number of nitrogens with two attached hydrogens (primary N) is 1. The minimum absolute atomic E-state index is 0.0512. The van der Waals surface area contributed by atoms with E-state index in [2.05, 4.69) is 6.92 Å². The quantitative estimate of drug-likeness (QED) is 0.769. The number of pyridine rings is 1. The molecule has 0 aliphatic rings. The molecule has 0 unspecified atom stereocenters. The Morgan fingerprint density at radius 3 is 2.55 bits per heavy atom. The number of carbonyl (C=O) groups is 1. The van der Waals surface area contributed by atoms with Crippen molar-refractivity contribution in [1.29, 1.82) is 0 Å². The number of para-hydroxylation sites is 1. The summed E-state index contributed by atoms with van der Waals surface area (Å²) in [4.78, 5) is 23.8. The van der Waals surface area contributed by atoms with Crippen molar-refractivity contribution in [3.05, 3.63) is 40.2 Å². The van der Waals surface area contributed by atoms with E-state index >= 15 is 0 Å². The zero-order valence-electron chi connectivity index (χ0n) is 12.8. The van der Waals surface area contributed by atoms with Crippen LogP contribution in [0.15, 0.2) is 29.1 Å². The van der Waals surface area contributed by atoms with Crippen LogP contribution in [0.25, 0.3) is 10.9 Å². The highest BCUT2D eigenvalue weighted by molar-refractivity contribution is 6.03. The van der Waals surface area contributed by atoms with Crippen molar-refractivity contribution in [3.63, 3.8) is 0 Å². The molecule has 0 atom stereocenters. The number of benzene rings is 1. The van der Waals surface area contributed by atoms with Gasteiger partial charge >= 0.3 is 5.97 Å². The highest BCUT2D eigenvalue weighted by Gasteiger charge is 2.19. The Morgan fingerprint density at radius 2 is 1.86 bits per heavy atom. The summed E-state index contributed by atoms with van der Waals surface area (Å²) in [5, 5.41) is 9.90. The van der Waals surface area contributed by atoms with Gasteiger partial charge in [0.1, 0.15) is 5.56 Å². The van der Waals surface area contributed by atoms with E-state index in [-0.39, 0.29) is 11.3 Å². The number of hydrogen-bond donors (Lipinski definition) is 2. The van der Waals surface area contributed by atoms with Crippen molar-refractivity contribution >= 4 is 22.6 Å². The molecule has 0 bridgehead atoms. The molecule has 3 N–H and O–H groups in total. The molecule has 2 rings (SSSR count). The van der Waals surface area contributed by atoms with E-state index < -0.39 is 11.5 Å². The first-order valence-corrected chi connectivity index (χ1v) is 7.72. The third-order valence-corrected chi connectivity index (χ3v) is 3.91. The molecule has 0 spiro atoms. The second kappa shape index (κ2) is 7.11. The van der Waals surface area contributed by atoms with Gasteiger partial charge in [0.2, 0.25) is 0 Å². The molecular weight excluding hydrogens is 280 g/mol. The number of carboxylic acids is 1. The van der Waals surface area contributed by atoms with Crippen LogP contribution in [0.4, 0.5) is 5.69 Å². The Kier molecular flexibility index (Phi) is 5.20. The van der Waals surface area contributed by atoms with Gasteiger partial charge in [-0.3, -0.25) is 4.79 Å². The van der Waals surface area contributed by atoms with E-state index in [1.54, 1.807) is 16.7 Å². The maximum Gasteiger partial charge on any atom is 0.343 e. The van der Waals surface area contributed by atoms with Gasteiger partial charge in [-0.2, -0.15) is 0 Å². The van der Waals surface area contributed by atoms with Gasteiger partial charge in [0, 0.05) is 11.9 Å². The summed E-state index contributed by atoms with van der Waals surface area (Å²) in [5.41, 5.74) is 5.80. The van der Waals surface area contributed by atoms with Crippen LogP contribution in [0.1, 0.15) is 49.4 Å². The molecule has 1 aromatic carbocycles. The number of carboxylic acid groups (broad SMARTS) is 1. The van der Waals surface area contributed by atoms with Crippen molar-refractivity contribution in [3.8, 4) is 0 Å². The largest absolute Gasteiger partial charge is 0.477 e. The summed E-state index contributed by atoms with van der Waals surface area (Å²) >= 11 is 0. The van der Waals surface area contributed by atoms with E-state index in [1.165, 1.54) is 6.42 Å². The highest BCUT2D eigenvalue weighted by atomic mass is 16.4. The topological polar surface area (TPSA) is 85.3 Å². The number of aromatic nitrogens is 1. The maximum absolute atomic E-state index is 12.5. The van der Waals surface area contributed by atoms with Crippen LogP contribution in [-0.4, -0.2) is 15.6 Å². The first kappa shape index (κ1) is 16.1. The lowest BCUT2D eigenvalue weighted by molar-refractivity contribution is 0.0695. The molecule has 0 aliphatic heterocycles. The van der Waals surface area contributed by atoms with Gasteiger partial charge in [-0.15, -0.1) is 0 Å². The molecule has 0 amide bonds. The van der Waals surface area contributed by atoms with Crippen LogP contribution >= 0.6 is 0 Å². The average Bonchev–Trinajstić information content (AvgIpc) is 2.49. The zero-order valence-corrected chi connectivity index (χ0v) is 12.8. The maximum atomic E-state index is 12.5. The molecule has 22 heavy (non-hydrogen) atoms. The third-order valence-electron chi connectivity index (χ3n) is 3.91. The van der Waals surface area contributed by atoms with Gasteiger partial charge in [-0.25, -0.2) is 4.79 Å². The second-order valence-corrected chi connectivity index (χ2v) is 5.48. The molecule has 0 saturated carbocycles. The second-order valence-electron chi connectivity index (χ2n) is 5.48. The predicted octanol–water partition coefficient (Wildman–Crippen LogP) is 3.25. The molecule has 0 radical (unpaired) electrons. The normalized spacial score (nSPS) is 11.0. The van der Waals surface area contributed by atoms with E-state index in [4.69, 9.17) is 5.73 Å². The van der Waals surface area contributed by atoms with Crippen LogP contribution in [-0.2, 0) is 6.54 Å². The van der Waals surface area contributed by atoms with E-state index in [1.807, 2.05) is 12.1 Å². The minimum atomic E-state index is -1.27. The lowest BCUT2D eigenvalue weighted by Crippen LogP contribution is -2.28. The number of fused-ring (bicyclic) bond motifs is 1. The van der Waals surface area contributed by atoms with Crippen LogP contribution in [0.3, 0.4) is 0 Å². The first-order chi connectivity index (χ1) is 10.6. The SMILES string of the molecule is CCCCCCCn1c(=O)c(C(=O)O)c(N)c2ccccc21. The molecule has 5 nitrogen and oxygen atoms in total. The van der Waals surface area contributed by atoms with E-state index in [9.17, 15) is 14.7 Å². The fourth-order valence-electron chi connectivity index (χ4n) is 2.73. The molecule has 5 heteroatoms. The van der Waals surface area contributed by atoms with Gasteiger partial charge < -0.3 is 15.4 Å². The molecule has 0 fully saturated rings. The number of unbranched alkanes of at least 4 members (excludes halogenated alkanes) is 4. The first-order valence-electron chi connectivity index (χ1n) is 7.72. The summed E-state index contributed by atoms with van der Waals surface area (Å²) in [6.45, 7) is 2.67. The van der Waals surface area contributed by atoms with Crippen molar-refractivity contribution in [2.45, 2.75) is 45.6 Å². The van der Waals surface area contributed by atoms with Crippen molar-refractivity contribution in [2.24, 2.45) is 0 Å².